The minimum absolute atomic E-state index is 0.303. The van der Waals surface area contributed by atoms with Gasteiger partial charge in [-0.25, -0.2) is 5.10 Å². The molecule has 3 rings (SSSR count). The van der Waals surface area contributed by atoms with Crippen LogP contribution in [0.5, 0.6) is 0 Å². The first kappa shape index (κ1) is 10.7. The summed E-state index contributed by atoms with van der Waals surface area (Å²) in [6.45, 7) is 1.98. The molecule has 0 saturated carbocycles. The quantitative estimate of drug-likeness (QED) is 0.787. The molecule has 0 unspecified atom stereocenters. The third kappa shape index (κ3) is 1.91. The van der Waals surface area contributed by atoms with Gasteiger partial charge in [0.15, 0.2) is 0 Å². The van der Waals surface area contributed by atoms with E-state index in [1.807, 2.05) is 6.92 Å². The van der Waals surface area contributed by atoms with E-state index < -0.39 is 0 Å². The summed E-state index contributed by atoms with van der Waals surface area (Å²) in [7, 11) is 0. The summed E-state index contributed by atoms with van der Waals surface area (Å²) in [6, 6.07) is 2.14. The molecule has 2 aromatic heterocycles. The highest BCUT2D eigenvalue weighted by molar-refractivity contribution is 7.71. The van der Waals surface area contributed by atoms with E-state index in [1.165, 1.54) is 24.1 Å². The van der Waals surface area contributed by atoms with Crippen LogP contribution < -0.4 is 0 Å². The molecule has 17 heavy (non-hydrogen) atoms. The topological polar surface area (TPSA) is 54.7 Å². The maximum Gasteiger partial charge on any atom is 0.284 e. The molecule has 1 aliphatic rings. The normalized spacial score (nSPS) is 14.6. The average molecular weight is 247 g/mol. The minimum Gasteiger partial charge on any atom is -0.409 e. The van der Waals surface area contributed by atoms with Gasteiger partial charge in [-0.05, 0) is 56.5 Å². The van der Waals surface area contributed by atoms with Crippen molar-refractivity contribution in [3.63, 3.8) is 0 Å². The zero-order valence-electron chi connectivity index (χ0n) is 9.62. The summed E-state index contributed by atoms with van der Waals surface area (Å²) in [5.74, 6) is 0.536. The van der Waals surface area contributed by atoms with Crippen molar-refractivity contribution in [3.05, 3.63) is 27.9 Å². The van der Waals surface area contributed by atoms with Gasteiger partial charge in [0.1, 0.15) is 0 Å². The van der Waals surface area contributed by atoms with Gasteiger partial charge in [-0.2, -0.15) is 0 Å². The molecule has 5 heteroatoms. The van der Waals surface area contributed by atoms with E-state index in [1.54, 1.807) is 0 Å². The molecule has 88 valence electrons. The number of nitrogens with one attached hydrogen (secondary N) is 1. The molecule has 0 amide bonds. The van der Waals surface area contributed by atoms with Crippen LogP contribution in [0.15, 0.2) is 10.5 Å². The SMILES string of the molecule is Cc1nc2c(cc1-c1n[nH]c(=S)o1)CCCC2. The average Bonchev–Trinajstić information content (AvgIpc) is 2.75. The molecule has 0 aliphatic heterocycles. The van der Waals surface area contributed by atoms with Gasteiger partial charge in [-0.3, -0.25) is 4.98 Å². The Bertz CT molecular complexity index is 614. The van der Waals surface area contributed by atoms with Gasteiger partial charge in [0, 0.05) is 5.69 Å². The van der Waals surface area contributed by atoms with Crippen LogP contribution in [0, 0.1) is 11.8 Å². The second-order valence-electron chi connectivity index (χ2n) is 4.35. The van der Waals surface area contributed by atoms with E-state index in [0.717, 1.165) is 24.1 Å². The highest BCUT2D eigenvalue weighted by atomic mass is 32.1. The van der Waals surface area contributed by atoms with Crippen molar-refractivity contribution in [3.8, 4) is 11.5 Å². The Morgan fingerprint density at radius 3 is 2.94 bits per heavy atom. The maximum atomic E-state index is 5.35. The van der Waals surface area contributed by atoms with Gasteiger partial charge >= 0.3 is 0 Å². The highest BCUT2D eigenvalue weighted by Gasteiger charge is 2.16. The number of aromatic nitrogens is 3. The van der Waals surface area contributed by atoms with Crippen molar-refractivity contribution in [2.45, 2.75) is 32.6 Å². The molecule has 0 atom stereocenters. The van der Waals surface area contributed by atoms with Crippen molar-refractivity contribution >= 4 is 12.2 Å². The number of nitrogens with zero attached hydrogens (tertiary/aromatic N) is 2. The van der Waals surface area contributed by atoms with Crippen molar-refractivity contribution in [2.75, 3.05) is 0 Å². The summed E-state index contributed by atoms with van der Waals surface area (Å²) < 4.78 is 5.35. The van der Waals surface area contributed by atoms with E-state index in [4.69, 9.17) is 16.6 Å². The summed E-state index contributed by atoms with van der Waals surface area (Å²) in [6.07, 6.45) is 4.66. The first-order chi connectivity index (χ1) is 8.24. The largest absolute Gasteiger partial charge is 0.409 e. The number of hydrogen-bond donors (Lipinski definition) is 1. The summed E-state index contributed by atoms with van der Waals surface area (Å²) in [4.78, 5) is 4.95. The summed E-state index contributed by atoms with van der Waals surface area (Å²) in [5.41, 5.74) is 4.45. The minimum atomic E-state index is 0.303. The van der Waals surface area contributed by atoms with Crippen LogP contribution in [0.4, 0.5) is 0 Å². The van der Waals surface area contributed by atoms with Gasteiger partial charge in [0.25, 0.3) is 4.84 Å². The first-order valence-electron chi connectivity index (χ1n) is 5.79. The molecule has 0 fully saturated rings. The molecule has 1 aliphatic carbocycles. The second kappa shape index (κ2) is 4.07. The van der Waals surface area contributed by atoms with E-state index in [-0.39, 0.29) is 0 Å². The number of fused-ring (bicyclic) bond motifs is 1. The molecule has 2 aromatic rings. The molecular formula is C12H13N3OS. The Morgan fingerprint density at radius 1 is 1.35 bits per heavy atom. The van der Waals surface area contributed by atoms with Crippen LogP contribution in [0.1, 0.15) is 29.8 Å². The van der Waals surface area contributed by atoms with Gasteiger partial charge < -0.3 is 4.42 Å². The lowest BCUT2D eigenvalue weighted by molar-refractivity contribution is 0.550. The fourth-order valence-electron chi connectivity index (χ4n) is 2.30. The molecule has 0 aromatic carbocycles. The third-order valence-corrected chi connectivity index (χ3v) is 3.33. The van der Waals surface area contributed by atoms with Crippen LogP contribution in [0.2, 0.25) is 0 Å². The lowest BCUT2D eigenvalue weighted by Gasteiger charge is -2.16. The van der Waals surface area contributed by atoms with Crippen molar-refractivity contribution in [1.29, 1.82) is 0 Å². The molecule has 0 saturated heterocycles. The number of aryl methyl sites for hydroxylation is 3. The zero-order valence-corrected chi connectivity index (χ0v) is 10.4. The maximum absolute atomic E-state index is 5.35. The predicted octanol–water partition coefficient (Wildman–Crippen LogP) is 2.98. The van der Waals surface area contributed by atoms with Gasteiger partial charge in [-0.1, -0.05) is 0 Å². The van der Waals surface area contributed by atoms with Crippen LogP contribution in [0.3, 0.4) is 0 Å². The fraction of sp³-hybridized carbons (Fsp3) is 0.417. The summed E-state index contributed by atoms with van der Waals surface area (Å²) in [5, 5.41) is 6.70. The lowest BCUT2D eigenvalue weighted by atomic mass is 9.94. The van der Waals surface area contributed by atoms with Crippen molar-refractivity contribution in [2.24, 2.45) is 0 Å². The second-order valence-corrected chi connectivity index (χ2v) is 4.72. The standard InChI is InChI=1S/C12H13N3OS/c1-7-9(11-14-15-12(17)16-11)6-8-4-2-3-5-10(8)13-7/h6H,2-5H2,1H3,(H,15,17). The Kier molecular flexibility index (Phi) is 2.55. The van der Waals surface area contributed by atoms with Crippen LogP contribution in [-0.2, 0) is 12.8 Å². The monoisotopic (exact) mass is 247 g/mol. The number of H-pyrrole nitrogens is 1. The van der Waals surface area contributed by atoms with Gasteiger partial charge in [-0.15, -0.1) is 5.10 Å². The molecule has 0 spiro atoms. The van der Waals surface area contributed by atoms with E-state index in [2.05, 4.69) is 21.2 Å². The fourth-order valence-corrected chi connectivity index (χ4v) is 2.42. The molecule has 0 radical (unpaired) electrons. The Hall–Kier alpha value is -1.49. The zero-order chi connectivity index (χ0) is 11.8. The Balaban J connectivity index is 2.14. The molecule has 1 N–H and O–H groups in total. The van der Waals surface area contributed by atoms with Crippen LogP contribution in [-0.4, -0.2) is 15.2 Å². The van der Waals surface area contributed by atoms with Crippen LogP contribution >= 0.6 is 12.2 Å². The molecular weight excluding hydrogens is 234 g/mol. The molecule has 4 nitrogen and oxygen atoms in total. The van der Waals surface area contributed by atoms with Gasteiger partial charge in [0.05, 0.1) is 11.3 Å². The number of pyridine rings is 1. The third-order valence-electron chi connectivity index (χ3n) is 3.16. The van der Waals surface area contributed by atoms with Crippen LogP contribution in [0.25, 0.3) is 11.5 Å². The molecule has 2 heterocycles. The highest BCUT2D eigenvalue weighted by Crippen LogP contribution is 2.27. The predicted molar refractivity (Wildman–Crippen MR) is 66.3 cm³/mol. The Morgan fingerprint density at radius 2 is 2.18 bits per heavy atom. The van der Waals surface area contributed by atoms with Crippen molar-refractivity contribution in [1.82, 2.24) is 15.2 Å². The number of aromatic amines is 1. The van der Waals surface area contributed by atoms with Crippen molar-refractivity contribution < 1.29 is 4.42 Å². The Labute approximate surface area is 104 Å². The number of hydrogen-bond acceptors (Lipinski definition) is 4. The molecule has 0 bridgehead atoms. The van der Waals surface area contributed by atoms with E-state index in [9.17, 15) is 0 Å². The van der Waals surface area contributed by atoms with E-state index in [0.29, 0.717) is 10.7 Å². The number of rotatable bonds is 1. The lowest BCUT2D eigenvalue weighted by Crippen LogP contribution is -2.07. The smallest absolute Gasteiger partial charge is 0.284 e. The van der Waals surface area contributed by atoms with E-state index >= 15 is 0 Å². The first-order valence-corrected chi connectivity index (χ1v) is 6.20. The van der Waals surface area contributed by atoms with Gasteiger partial charge in [0.2, 0.25) is 5.89 Å². The summed E-state index contributed by atoms with van der Waals surface area (Å²) >= 11 is 4.89.